The van der Waals surface area contributed by atoms with Crippen molar-refractivity contribution < 1.29 is 18.7 Å². The van der Waals surface area contributed by atoms with Crippen LogP contribution in [0.5, 0.6) is 5.75 Å². The number of furan rings is 1. The highest BCUT2D eigenvalue weighted by Gasteiger charge is 2.16. The summed E-state index contributed by atoms with van der Waals surface area (Å²) < 4.78 is 15.6. The first-order chi connectivity index (χ1) is 9.10. The molecular formula is C14H13ClO4. The molecule has 0 spiro atoms. The van der Waals surface area contributed by atoms with Gasteiger partial charge in [-0.15, -0.1) is 0 Å². The number of rotatable bonds is 4. The van der Waals surface area contributed by atoms with Gasteiger partial charge in [-0.1, -0.05) is 17.7 Å². The normalized spacial score (nSPS) is 11.9. The first-order valence-corrected chi connectivity index (χ1v) is 6.08. The lowest BCUT2D eigenvalue weighted by molar-refractivity contribution is 0.0558. The third kappa shape index (κ3) is 3.29. The topological polar surface area (TPSA) is 48.7 Å². The van der Waals surface area contributed by atoms with E-state index in [0.29, 0.717) is 16.5 Å². The highest BCUT2D eigenvalue weighted by Crippen LogP contribution is 2.25. The number of hydrogen-bond acceptors (Lipinski definition) is 4. The molecule has 4 nitrogen and oxygen atoms in total. The number of carbonyl (C=O) groups is 1. The van der Waals surface area contributed by atoms with E-state index in [4.69, 9.17) is 20.8 Å². The Morgan fingerprint density at radius 2 is 2.11 bits per heavy atom. The summed E-state index contributed by atoms with van der Waals surface area (Å²) in [6, 6.07) is 10.3. The average molecular weight is 281 g/mol. The minimum absolute atomic E-state index is 0.152. The van der Waals surface area contributed by atoms with Crippen LogP contribution in [0.3, 0.4) is 0 Å². The molecule has 19 heavy (non-hydrogen) atoms. The molecule has 0 aliphatic heterocycles. The monoisotopic (exact) mass is 280 g/mol. The highest BCUT2D eigenvalue weighted by molar-refractivity contribution is 6.30. The van der Waals surface area contributed by atoms with Crippen molar-refractivity contribution in [3.63, 3.8) is 0 Å². The maximum atomic E-state index is 11.3. The maximum absolute atomic E-state index is 11.3. The number of benzene rings is 1. The van der Waals surface area contributed by atoms with Crippen LogP contribution in [0.25, 0.3) is 0 Å². The van der Waals surface area contributed by atoms with Gasteiger partial charge in [0.25, 0.3) is 0 Å². The van der Waals surface area contributed by atoms with Gasteiger partial charge in [0.05, 0.1) is 7.11 Å². The van der Waals surface area contributed by atoms with Crippen LogP contribution >= 0.6 is 11.6 Å². The van der Waals surface area contributed by atoms with E-state index < -0.39 is 5.97 Å². The first-order valence-electron chi connectivity index (χ1n) is 5.70. The Labute approximate surface area is 115 Å². The van der Waals surface area contributed by atoms with E-state index in [1.54, 1.807) is 36.4 Å². The second kappa shape index (κ2) is 5.80. The van der Waals surface area contributed by atoms with Crippen LogP contribution in [0, 0.1) is 0 Å². The number of ether oxygens (including phenoxy) is 2. The molecule has 0 bridgehead atoms. The second-order valence-electron chi connectivity index (χ2n) is 3.91. The van der Waals surface area contributed by atoms with Crippen molar-refractivity contribution in [3.8, 4) is 5.75 Å². The van der Waals surface area contributed by atoms with Crippen molar-refractivity contribution in [2.45, 2.75) is 13.0 Å². The molecule has 1 aromatic heterocycles. The fourth-order valence-corrected chi connectivity index (χ4v) is 1.76. The lowest BCUT2D eigenvalue weighted by Crippen LogP contribution is -2.02. The van der Waals surface area contributed by atoms with E-state index in [-0.39, 0.29) is 11.9 Å². The molecule has 0 saturated heterocycles. The smallest absolute Gasteiger partial charge is 0.373 e. The minimum Gasteiger partial charge on any atom is -0.483 e. The Balaban J connectivity index is 2.09. The lowest BCUT2D eigenvalue weighted by Gasteiger charge is -2.12. The van der Waals surface area contributed by atoms with E-state index >= 15 is 0 Å². The molecule has 0 radical (unpaired) electrons. The third-order valence-corrected chi connectivity index (χ3v) is 2.76. The summed E-state index contributed by atoms with van der Waals surface area (Å²) in [6.07, 6.45) is -0.336. The molecule has 0 aliphatic rings. The molecule has 2 rings (SSSR count). The van der Waals surface area contributed by atoms with Crippen LogP contribution in [-0.2, 0) is 4.74 Å². The van der Waals surface area contributed by atoms with Crippen molar-refractivity contribution in [2.75, 3.05) is 7.11 Å². The average Bonchev–Trinajstić information content (AvgIpc) is 2.87. The van der Waals surface area contributed by atoms with Crippen LogP contribution in [0.4, 0.5) is 0 Å². The Morgan fingerprint density at radius 1 is 1.32 bits per heavy atom. The number of carbonyl (C=O) groups excluding carboxylic acids is 1. The van der Waals surface area contributed by atoms with Gasteiger partial charge in [0.2, 0.25) is 5.76 Å². The Bertz CT molecular complexity index is 576. The van der Waals surface area contributed by atoms with Gasteiger partial charge in [0.1, 0.15) is 11.5 Å². The van der Waals surface area contributed by atoms with Crippen LogP contribution in [0.15, 0.2) is 40.8 Å². The molecule has 5 heteroatoms. The van der Waals surface area contributed by atoms with Crippen molar-refractivity contribution in [3.05, 3.63) is 52.9 Å². The van der Waals surface area contributed by atoms with Crippen LogP contribution in [0.1, 0.15) is 29.3 Å². The third-order valence-electron chi connectivity index (χ3n) is 2.52. The van der Waals surface area contributed by atoms with E-state index in [0.717, 1.165) is 0 Å². The molecule has 0 amide bonds. The second-order valence-corrected chi connectivity index (χ2v) is 4.35. The SMILES string of the molecule is COC(=O)c1ccc(C(C)Oc2cccc(Cl)c2)o1. The van der Waals surface area contributed by atoms with Crippen LogP contribution < -0.4 is 4.74 Å². The van der Waals surface area contributed by atoms with Gasteiger partial charge in [-0.25, -0.2) is 4.79 Å². The van der Waals surface area contributed by atoms with Gasteiger partial charge < -0.3 is 13.9 Å². The van der Waals surface area contributed by atoms with Crippen molar-refractivity contribution in [1.29, 1.82) is 0 Å². The van der Waals surface area contributed by atoms with Gasteiger partial charge in [0.15, 0.2) is 6.10 Å². The fourth-order valence-electron chi connectivity index (χ4n) is 1.58. The number of halogens is 1. The van der Waals surface area contributed by atoms with E-state index in [1.807, 2.05) is 6.92 Å². The van der Waals surface area contributed by atoms with Crippen LogP contribution in [0.2, 0.25) is 5.02 Å². The quantitative estimate of drug-likeness (QED) is 0.798. The molecule has 1 heterocycles. The number of methoxy groups -OCH3 is 1. The Kier molecular flexibility index (Phi) is 4.12. The fraction of sp³-hybridized carbons (Fsp3) is 0.214. The predicted molar refractivity (Wildman–Crippen MR) is 70.5 cm³/mol. The molecule has 0 saturated carbocycles. The Morgan fingerprint density at radius 3 is 2.79 bits per heavy atom. The van der Waals surface area contributed by atoms with Gasteiger partial charge in [-0.3, -0.25) is 0 Å². The van der Waals surface area contributed by atoms with Gasteiger partial charge in [0, 0.05) is 5.02 Å². The Hall–Kier alpha value is -1.94. The molecule has 1 unspecified atom stereocenters. The maximum Gasteiger partial charge on any atom is 0.373 e. The van der Waals surface area contributed by atoms with Crippen LogP contribution in [-0.4, -0.2) is 13.1 Å². The van der Waals surface area contributed by atoms with Crippen molar-refractivity contribution in [2.24, 2.45) is 0 Å². The summed E-state index contributed by atoms with van der Waals surface area (Å²) in [5, 5.41) is 0.597. The lowest BCUT2D eigenvalue weighted by atomic mass is 10.3. The van der Waals surface area contributed by atoms with E-state index in [2.05, 4.69) is 4.74 Å². The molecule has 0 N–H and O–H groups in total. The highest BCUT2D eigenvalue weighted by atomic mass is 35.5. The minimum atomic E-state index is -0.513. The molecule has 1 atom stereocenters. The molecule has 1 aromatic carbocycles. The summed E-state index contributed by atoms with van der Waals surface area (Å²) in [6.45, 7) is 1.82. The van der Waals surface area contributed by atoms with E-state index in [1.165, 1.54) is 7.11 Å². The van der Waals surface area contributed by atoms with Gasteiger partial charge in [-0.05, 0) is 37.3 Å². The first kappa shape index (κ1) is 13.5. The van der Waals surface area contributed by atoms with Gasteiger partial charge >= 0.3 is 5.97 Å². The zero-order chi connectivity index (χ0) is 13.8. The summed E-state index contributed by atoms with van der Waals surface area (Å²) in [5.74, 6) is 0.816. The summed E-state index contributed by atoms with van der Waals surface area (Å²) in [7, 11) is 1.30. The summed E-state index contributed by atoms with van der Waals surface area (Å²) in [4.78, 5) is 11.3. The van der Waals surface area contributed by atoms with Gasteiger partial charge in [-0.2, -0.15) is 0 Å². The van der Waals surface area contributed by atoms with Crippen molar-refractivity contribution >= 4 is 17.6 Å². The molecule has 100 valence electrons. The largest absolute Gasteiger partial charge is 0.483 e. The molecular weight excluding hydrogens is 268 g/mol. The zero-order valence-corrected chi connectivity index (χ0v) is 11.3. The molecule has 2 aromatic rings. The predicted octanol–water partition coefficient (Wildman–Crippen LogP) is 3.86. The summed E-state index contributed by atoms with van der Waals surface area (Å²) >= 11 is 5.87. The summed E-state index contributed by atoms with van der Waals surface area (Å²) in [5.41, 5.74) is 0. The van der Waals surface area contributed by atoms with Crippen molar-refractivity contribution in [1.82, 2.24) is 0 Å². The standard InChI is InChI=1S/C14H13ClO4/c1-9(18-11-5-3-4-10(15)8-11)12-6-7-13(19-12)14(16)17-2/h3-9H,1-2H3. The number of hydrogen-bond donors (Lipinski definition) is 0. The zero-order valence-electron chi connectivity index (χ0n) is 10.6. The molecule has 0 aliphatic carbocycles. The number of esters is 1. The van der Waals surface area contributed by atoms with E-state index in [9.17, 15) is 4.79 Å². The molecule has 0 fully saturated rings.